The maximum Gasteiger partial charge on any atom is 0.320 e. The molecule has 27 heavy (non-hydrogen) atoms. The topological polar surface area (TPSA) is 70.4 Å². The lowest BCUT2D eigenvalue weighted by molar-refractivity contribution is 0.248. The number of nitrogens with zero attached hydrogens (tertiary/aromatic N) is 2. The second-order valence-corrected chi connectivity index (χ2v) is 6.56. The second-order valence-electron chi connectivity index (χ2n) is 6.56. The zero-order chi connectivity index (χ0) is 18.5. The third kappa shape index (κ3) is 4.11. The molecule has 1 aliphatic rings. The first-order chi connectivity index (χ1) is 13.3. The Bertz CT molecular complexity index is 857. The van der Waals surface area contributed by atoms with Gasteiger partial charge in [-0.1, -0.05) is 30.3 Å². The third-order valence-electron chi connectivity index (χ3n) is 4.67. The van der Waals surface area contributed by atoms with Crippen LogP contribution in [0.2, 0.25) is 0 Å². The predicted octanol–water partition coefficient (Wildman–Crippen LogP) is 4.19. The Morgan fingerprint density at radius 2 is 1.85 bits per heavy atom. The maximum absolute atomic E-state index is 12.5. The van der Waals surface area contributed by atoms with Gasteiger partial charge in [-0.3, -0.25) is 0 Å². The lowest BCUT2D eigenvalue weighted by Crippen LogP contribution is -2.33. The number of carbonyl (C=O) groups excluding carboxylic acids is 1. The average molecular weight is 362 g/mol. The van der Waals surface area contributed by atoms with Crippen LogP contribution in [0.4, 0.5) is 16.3 Å². The van der Waals surface area contributed by atoms with Crippen LogP contribution in [0.3, 0.4) is 0 Å². The zero-order valence-electron chi connectivity index (χ0n) is 15.0. The van der Waals surface area contributed by atoms with Gasteiger partial charge in [0, 0.05) is 13.1 Å². The van der Waals surface area contributed by atoms with Crippen LogP contribution in [0.1, 0.15) is 30.2 Å². The number of hydrogen-bond donors (Lipinski definition) is 2. The minimum atomic E-state index is -0.363. The summed E-state index contributed by atoms with van der Waals surface area (Å²) in [6.45, 7) is 2.09. The molecular formula is C21H22N4O2. The standard InChI is InChI=1S/C21H22N4O2/c26-21(23-17-10-11-19(22-15-17)25-12-4-5-13-25)24-20(18-9-6-14-27-18)16-7-2-1-3-8-16/h1-3,6-11,14-15,20H,4-5,12-13H2,(H2,23,24,26). The van der Waals surface area contributed by atoms with Crippen molar-refractivity contribution in [3.8, 4) is 0 Å². The number of amides is 2. The molecule has 3 heterocycles. The zero-order valence-corrected chi connectivity index (χ0v) is 15.0. The number of furan rings is 1. The summed E-state index contributed by atoms with van der Waals surface area (Å²) in [7, 11) is 0. The first-order valence-electron chi connectivity index (χ1n) is 9.16. The number of hydrogen-bond acceptors (Lipinski definition) is 4. The minimum absolute atomic E-state index is 0.309. The van der Waals surface area contributed by atoms with E-state index in [9.17, 15) is 4.79 Å². The first-order valence-corrected chi connectivity index (χ1v) is 9.16. The van der Waals surface area contributed by atoms with Crippen LogP contribution < -0.4 is 15.5 Å². The molecule has 3 aromatic rings. The van der Waals surface area contributed by atoms with E-state index in [0.717, 1.165) is 24.5 Å². The molecule has 1 unspecified atom stereocenters. The van der Waals surface area contributed by atoms with Gasteiger partial charge < -0.3 is 20.0 Å². The minimum Gasteiger partial charge on any atom is -0.467 e. The fourth-order valence-corrected chi connectivity index (χ4v) is 3.31. The van der Waals surface area contributed by atoms with Crippen molar-refractivity contribution < 1.29 is 9.21 Å². The number of pyridine rings is 1. The quantitative estimate of drug-likeness (QED) is 0.714. The van der Waals surface area contributed by atoms with Crippen molar-refractivity contribution >= 4 is 17.5 Å². The molecule has 0 bridgehead atoms. The number of carbonyl (C=O) groups is 1. The fourth-order valence-electron chi connectivity index (χ4n) is 3.31. The average Bonchev–Trinajstić information content (AvgIpc) is 3.41. The molecule has 0 spiro atoms. The normalized spacial score (nSPS) is 14.7. The van der Waals surface area contributed by atoms with Crippen molar-refractivity contribution in [3.05, 3.63) is 78.4 Å². The Labute approximate surface area is 158 Å². The highest BCUT2D eigenvalue weighted by Crippen LogP contribution is 2.23. The van der Waals surface area contributed by atoms with Crippen LogP contribution in [0, 0.1) is 0 Å². The van der Waals surface area contributed by atoms with Gasteiger partial charge in [-0.15, -0.1) is 0 Å². The Balaban J connectivity index is 1.44. The number of urea groups is 1. The molecule has 1 saturated heterocycles. The SMILES string of the molecule is O=C(Nc1ccc(N2CCCC2)nc1)NC(c1ccccc1)c1ccco1. The predicted molar refractivity (Wildman–Crippen MR) is 105 cm³/mol. The molecule has 6 heteroatoms. The molecule has 0 radical (unpaired) electrons. The summed E-state index contributed by atoms with van der Waals surface area (Å²) < 4.78 is 5.51. The monoisotopic (exact) mass is 362 g/mol. The second kappa shape index (κ2) is 7.95. The summed E-state index contributed by atoms with van der Waals surface area (Å²) in [5, 5.41) is 5.82. The summed E-state index contributed by atoms with van der Waals surface area (Å²) in [5.74, 6) is 1.63. The van der Waals surface area contributed by atoms with Crippen molar-refractivity contribution in [2.24, 2.45) is 0 Å². The van der Waals surface area contributed by atoms with Gasteiger partial charge in [0.2, 0.25) is 0 Å². The Morgan fingerprint density at radius 1 is 1.04 bits per heavy atom. The lowest BCUT2D eigenvalue weighted by Gasteiger charge is -2.18. The summed E-state index contributed by atoms with van der Waals surface area (Å²) >= 11 is 0. The van der Waals surface area contributed by atoms with Crippen LogP contribution in [0.5, 0.6) is 0 Å². The van der Waals surface area contributed by atoms with E-state index < -0.39 is 0 Å². The molecule has 2 aromatic heterocycles. The number of benzene rings is 1. The van der Waals surface area contributed by atoms with Gasteiger partial charge in [-0.25, -0.2) is 9.78 Å². The van der Waals surface area contributed by atoms with Gasteiger partial charge in [0.05, 0.1) is 18.1 Å². The van der Waals surface area contributed by atoms with E-state index in [1.807, 2.05) is 54.6 Å². The van der Waals surface area contributed by atoms with E-state index in [1.54, 1.807) is 12.5 Å². The molecule has 138 valence electrons. The van der Waals surface area contributed by atoms with Gasteiger partial charge in [-0.05, 0) is 42.7 Å². The van der Waals surface area contributed by atoms with Gasteiger partial charge in [-0.2, -0.15) is 0 Å². The van der Waals surface area contributed by atoms with E-state index in [0.29, 0.717) is 11.4 Å². The van der Waals surface area contributed by atoms with Crippen molar-refractivity contribution in [2.45, 2.75) is 18.9 Å². The van der Waals surface area contributed by atoms with Crippen molar-refractivity contribution in [1.82, 2.24) is 10.3 Å². The Hall–Kier alpha value is -3.28. The van der Waals surface area contributed by atoms with Gasteiger partial charge in [0.1, 0.15) is 17.6 Å². The van der Waals surface area contributed by atoms with Gasteiger partial charge >= 0.3 is 6.03 Å². The number of aromatic nitrogens is 1. The maximum atomic E-state index is 12.5. The summed E-state index contributed by atoms with van der Waals surface area (Å²) in [6.07, 6.45) is 5.71. The highest BCUT2D eigenvalue weighted by molar-refractivity contribution is 5.89. The van der Waals surface area contributed by atoms with E-state index in [-0.39, 0.29) is 12.1 Å². The molecule has 1 aliphatic heterocycles. The molecule has 2 N–H and O–H groups in total. The van der Waals surface area contributed by atoms with E-state index in [1.165, 1.54) is 12.8 Å². The molecule has 1 aromatic carbocycles. The molecule has 4 rings (SSSR count). The number of rotatable bonds is 5. The number of nitrogens with one attached hydrogen (secondary N) is 2. The first kappa shape index (κ1) is 17.1. The molecular weight excluding hydrogens is 340 g/mol. The van der Waals surface area contributed by atoms with Gasteiger partial charge in [0.15, 0.2) is 0 Å². The molecule has 1 atom stereocenters. The molecule has 2 amide bonds. The summed E-state index contributed by atoms with van der Waals surface area (Å²) in [6, 6.07) is 16.5. The largest absolute Gasteiger partial charge is 0.467 e. The smallest absolute Gasteiger partial charge is 0.320 e. The molecule has 0 saturated carbocycles. The van der Waals surface area contributed by atoms with E-state index in [4.69, 9.17) is 4.42 Å². The van der Waals surface area contributed by atoms with Crippen molar-refractivity contribution in [2.75, 3.05) is 23.3 Å². The summed E-state index contributed by atoms with van der Waals surface area (Å²) in [5.41, 5.74) is 1.60. The fraction of sp³-hybridized carbons (Fsp3) is 0.238. The third-order valence-corrected chi connectivity index (χ3v) is 4.67. The van der Waals surface area contributed by atoms with E-state index >= 15 is 0 Å². The molecule has 1 fully saturated rings. The number of anilines is 2. The van der Waals surface area contributed by atoms with Crippen LogP contribution in [-0.2, 0) is 0 Å². The van der Waals surface area contributed by atoms with Crippen LogP contribution in [0.15, 0.2) is 71.5 Å². The van der Waals surface area contributed by atoms with Crippen LogP contribution >= 0.6 is 0 Å². The molecule has 6 nitrogen and oxygen atoms in total. The van der Waals surface area contributed by atoms with Crippen molar-refractivity contribution in [1.29, 1.82) is 0 Å². The van der Waals surface area contributed by atoms with Crippen LogP contribution in [-0.4, -0.2) is 24.1 Å². The van der Waals surface area contributed by atoms with Crippen molar-refractivity contribution in [3.63, 3.8) is 0 Å². The Kier molecular flexibility index (Phi) is 5.05. The Morgan fingerprint density at radius 3 is 2.52 bits per heavy atom. The highest BCUT2D eigenvalue weighted by Gasteiger charge is 2.19. The van der Waals surface area contributed by atoms with E-state index in [2.05, 4.69) is 20.5 Å². The lowest BCUT2D eigenvalue weighted by atomic mass is 10.1. The molecule has 0 aliphatic carbocycles. The highest BCUT2D eigenvalue weighted by atomic mass is 16.3. The summed E-state index contributed by atoms with van der Waals surface area (Å²) in [4.78, 5) is 19.3. The van der Waals surface area contributed by atoms with Gasteiger partial charge in [0.25, 0.3) is 0 Å². The van der Waals surface area contributed by atoms with Crippen LogP contribution in [0.25, 0.3) is 0 Å².